The van der Waals surface area contributed by atoms with Crippen LogP contribution in [0.15, 0.2) is 53.3 Å². The van der Waals surface area contributed by atoms with E-state index in [0.717, 1.165) is 23.3 Å². The van der Waals surface area contributed by atoms with Gasteiger partial charge in [0.05, 0.1) is 0 Å². The average Bonchev–Trinajstić information content (AvgIpc) is 2.42. The smallest absolute Gasteiger partial charge is 0.119 e. The van der Waals surface area contributed by atoms with E-state index in [2.05, 4.69) is 32.9 Å². The van der Waals surface area contributed by atoms with Crippen LogP contribution in [-0.2, 0) is 6.54 Å². The highest BCUT2D eigenvalue weighted by molar-refractivity contribution is 9.10. The Balaban J connectivity index is 1.72. The Hall–Kier alpha value is -1.39. The Bertz CT molecular complexity index is 487. The number of ether oxygens (including phenoxy) is 1. The molecule has 0 atom stereocenters. The minimum atomic E-state index is 0.684. The van der Waals surface area contributed by atoms with E-state index in [4.69, 9.17) is 4.74 Å². The Labute approximate surface area is 122 Å². The summed E-state index contributed by atoms with van der Waals surface area (Å²) < 4.78 is 6.76. The lowest BCUT2D eigenvalue weighted by Crippen LogP contribution is -2.23. The largest absolute Gasteiger partial charge is 0.492 e. The number of rotatable bonds is 6. The minimum absolute atomic E-state index is 0.684. The van der Waals surface area contributed by atoms with E-state index >= 15 is 0 Å². The summed E-state index contributed by atoms with van der Waals surface area (Å²) in [6.45, 7) is 2.48. The van der Waals surface area contributed by atoms with Crippen LogP contribution >= 0.6 is 15.9 Å². The second-order valence-electron chi connectivity index (χ2n) is 4.40. The molecule has 1 heterocycles. The topological polar surface area (TPSA) is 25.4 Å². The maximum absolute atomic E-state index is 5.69. The van der Waals surface area contributed by atoms with Crippen LogP contribution in [0.5, 0.6) is 5.75 Å². The van der Waals surface area contributed by atoms with E-state index in [1.54, 1.807) is 0 Å². The molecule has 0 aliphatic rings. The average molecular weight is 321 g/mol. The maximum Gasteiger partial charge on any atom is 0.119 e. The molecule has 0 amide bonds. The Morgan fingerprint density at radius 3 is 2.47 bits per heavy atom. The van der Waals surface area contributed by atoms with Gasteiger partial charge in [0.15, 0.2) is 0 Å². The predicted molar refractivity (Wildman–Crippen MR) is 80.2 cm³/mol. The van der Waals surface area contributed by atoms with Gasteiger partial charge in [-0.05, 0) is 49.0 Å². The van der Waals surface area contributed by atoms with E-state index < -0.39 is 0 Å². The molecule has 1 aromatic heterocycles. The molecule has 100 valence electrons. The van der Waals surface area contributed by atoms with Crippen molar-refractivity contribution in [2.24, 2.45) is 0 Å². The van der Waals surface area contributed by atoms with E-state index in [0.29, 0.717) is 6.61 Å². The first-order chi connectivity index (χ1) is 9.24. The lowest BCUT2D eigenvalue weighted by molar-refractivity contribution is 0.233. The van der Waals surface area contributed by atoms with Crippen molar-refractivity contribution in [2.45, 2.75) is 6.54 Å². The van der Waals surface area contributed by atoms with Crippen LogP contribution in [0.1, 0.15) is 5.56 Å². The molecule has 0 aliphatic carbocycles. The van der Waals surface area contributed by atoms with Crippen molar-refractivity contribution in [1.29, 1.82) is 0 Å². The quantitative estimate of drug-likeness (QED) is 0.816. The van der Waals surface area contributed by atoms with Crippen LogP contribution < -0.4 is 4.74 Å². The number of hydrogen-bond acceptors (Lipinski definition) is 3. The van der Waals surface area contributed by atoms with Crippen LogP contribution in [0, 0.1) is 0 Å². The second-order valence-corrected chi connectivity index (χ2v) is 5.31. The molecule has 0 radical (unpaired) electrons. The fourth-order valence-electron chi connectivity index (χ4n) is 1.73. The molecular formula is C15H17BrN2O. The van der Waals surface area contributed by atoms with Crippen LogP contribution in [-0.4, -0.2) is 30.1 Å². The molecule has 0 bridgehead atoms. The SMILES string of the molecule is CN(CCOc1ccc(Br)cc1)Cc1ccncc1. The summed E-state index contributed by atoms with van der Waals surface area (Å²) in [6.07, 6.45) is 3.64. The van der Waals surface area contributed by atoms with Crippen molar-refractivity contribution in [3.63, 3.8) is 0 Å². The molecule has 2 rings (SSSR count). The van der Waals surface area contributed by atoms with Crippen molar-refractivity contribution in [3.8, 4) is 5.75 Å². The summed E-state index contributed by atoms with van der Waals surface area (Å²) in [5, 5.41) is 0. The van der Waals surface area contributed by atoms with Gasteiger partial charge in [0.2, 0.25) is 0 Å². The lowest BCUT2D eigenvalue weighted by Gasteiger charge is -2.16. The summed E-state index contributed by atoms with van der Waals surface area (Å²) in [6, 6.07) is 12.0. The highest BCUT2D eigenvalue weighted by atomic mass is 79.9. The molecule has 0 unspecified atom stereocenters. The van der Waals surface area contributed by atoms with E-state index in [1.165, 1.54) is 5.56 Å². The summed E-state index contributed by atoms with van der Waals surface area (Å²) in [5.74, 6) is 0.903. The van der Waals surface area contributed by atoms with Gasteiger partial charge in [-0.2, -0.15) is 0 Å². The first-order valence-corrected chi connectivity index (χ1v) is 6.99. The summed E-state index contributed by atoms with van der Waals surface area (Å²) >= 11 is 3.41. The summed E-state index contributed by atoms with van der Waals surface area (Å²) in [7, 11) is 2.09. The third-order valence-electron chi connectivity index (χ3n) is 2.76. The molecule has 19 heavy (non-hydrogen) atoms. The molecular weight excluding hydrogens is 304 g/mol. The van der Waals surface area contributed by atoms with Crippen molar-refractivity contribution in [2.75, 3.05) is 20.2 Å². The first-order valence-electron chi connectivity index (χ1n) is 6.20. The van der Waals surface area contributed by atoms with Crippen LogP contribution in [0.25, 0.3) is 0 Å². The van der Waals surface area contributed by atoms with Crippen LogP contribution in [0.3, 0.4) is 0 Å². The standard InChI is InChI=1S/C15H17BrN2O/c1-18(12-13-6-8-17-9-7-13)10-11-19-15-4-2-14(16)3-5-15/h2-9H,10-12H2,1H3. The molecule has 1 aromatic carbocycles. The van der Waals surface area contributed by atoms with Crippen LogP contribution in [0.4, 0.5) is 0 Å². The Morgan fingerprint density at radius 2 is 1.79 bits per heavy atom. The molecule has 0 saturated carbocycles. The number of likely N-dealkylation sites (N-methyl/N-ethyl adjacent to an activating group) is 1. The van der Waals surface area contributed by atoms with Crippen molar-refractivity contribution >= 4 is 15.9 Å². The number of halogens is 1. The molecule has 3 nitrogen and oxygen atoms in total. The molecule has 0 aliphatic heterocycles. The monoisotopic (exact) mass is 320 g/mol. The third-order valence-corrected chi connectivity index (χ3v) is 3.29. The van der Waals surface area contributed by atoms with Crippen molar-refractivity contribution in [3.05, 3.63) is 58.8 Å². The summed E-state index contributed by atoms with van der Waals surface area (Å²) in [5.41, 5.74) is 1.26. The van der Waals surface area contributed by atoms with Gasteiger partial charge < -0.3 is 4.74 Å². The van der Waals surface area contributed by atoms with Crippen molar-refractivity contribution < 1.29 is 4.74 Å². The van der Waals surface area contributed by atoms with Gasteiger partial charge in [-0.15, -0.1) is 0 Å². The number of hydrogen-bond donors (Lipinski definition) is 0. The molecule has 4 heteroatoms. The normalized spacial score (nSPS) is 10.7. The molecule has 0 fully saturated rings. The van der Waals surface area contributed by atoms with Gasteiger partial charge in [0, 0.05) is 30.0 Å². The van der Waals surface area contributed by atoms with Gasteiger partial charge in [-0.3, -0.25) is 9.88 Å². The third kappa shape index (κ3) is 5.01. The zero-order chi connectivity index (χ0) is 13.5. The van der Waals surface area contributed by atoms with E-state index in [9.17, 15) is 0 Å². The lowest BCUT2D eigenvalue weighted by atomic mass is 10.2. The van der Waals surface area contributed by atoms with Gasteiger partial charge in [-0.1, -0.05) is 15.9 Å². The first kappa shape index (κ1) is 14.0. The molecule has 0 saturated heterocycles. The zero-order valence-corrected chi connectivity index (χ0v) is 12.5. The number of pyridine rings is 1. The summed E-state index contributed by atoms with van der Waals surface area (Å²) in [4.78, 5) is 6.24. The van der Waals surface area contributed by atoms with Gasteiger partial charge in [0.1, 0.15) is 12.4 Å². The van der Waals surface area contributed by atoms with Gasteiger partial charge >= 0.3 is 0 Å². The van der Waals surface area contributed by atoms with Gasteiger partial charge in [-0.25, -0.2) is 0 Å². The number of nitrogens with zero attached hydrogens (tertiary/aromatic N) is 2. The van der Waals surface area contributed by atoms with Gasteiger partial charge in [0.25, 0.3) is 0 Å². The highest BCUT2D eigenvalue weighted by Crippen LogP contribution is 2.15. The van der Waals surface area contributed by atoms with Crippen LogP contribution in [0.2, 0.25) is 0 Å². The second kappa shape index (κ2) is 7.26. The van der Waals surface area contributed by atoms with Crippen molar-refractivity contribution in [1.82, 2.24) is 9.88 Å². The van der Waals surface area contributed by atoms with E-state index in [-0.39, 0.29) is 0 Å². The predicted octanol–water partition coefficient (Wildman–Crippen LogP) is 3.35. The molecule has 2 aromatic rings. The molecule has 0 N–H and O–H groups in total. The number of benzene rings is 1. The fraction of sp³-hybridized carbons (Fsp3) is 0.267. The Kier molecular flexibility index (Phi) is 5.36. The van der Waals surface area contributed by atoms with E-state index in [1.807, 2.05) is 48.8 Å². The zero-order valence-electron chi connectivity index (χ0n) is 10.9. The minimum Gasteiger partial charge on any atom is -0.492 e. The Morgan fingerprint density at radius 1 is 1.11 bits per heavy atom. The maximum atomic E-state index is 5.69. The molecule has 0 spiro atoms. The fourth-order valence-corrected chi connectivity index (χ4v) is 1.99. The highest BCUT2D eigenvalue weighted by Gasteiger charge is 2.00. The number of aromatic nitrogens is 1.